The molecule has 10 heteroatoms. The van der Waals surface area contributed by atoms with E-state index >= 15 is 0 Å². The van der Waals surface area contributed by atoms with Crippen LogP contribution in [-0.4, -0.2) is 99.1 Å². The maximum absolute atomic E-state index is 11.9. The van der Waals surface area contributed by atoms with E-state index in [1.807, 2.05) is 0 Å². The van der Waals surface area contributed by atoms with Crippen molar-refractivity contribution in [3.05, 3.63) is 0 Å². The molecule has 0 bridgehead atoms. The molecule has 2 heterocycles. The molecule has 2 fully saturated rings. The van der Waals surface area contributed by atoms with E-state index in [-0.39, 0.29) is 36.9 Å². The first-order chi connectivity index (χ1) is 18.2. The van der Waals surface area contributed by atoms with Crippen molar-refractivity contribution in [2.75, 3.05) is 52.5 Å². The zero-order valence-corrected chi connectivity index (χ0v) is 24.7. The molecule has 0 aliphatic carbocycles. The summed E-state index contributed by atoms with van der Waals surface area (Å²) < 4.78 is 22.5. The highest BCUT2D eigenvalue weighted by Crippen LogP contribution is 2.23. The Morgan fingerprint density at radius 1 is 0.711 bits per heavy atom. The molecule has 0 radical (unpaired) electrons. The molecule has 2 rings (SSSR count). The molecule has 2 aliphatic heterocycles. The number of nitrogens with one attached hydrogen (secondary N) is 2. The summed E-state index contributed by atoms with van der Waals surface area (Å²) in [7, 11) is 0. The molecular weight excluding hydrogens is 488 g/mol. The predicted molar refractivity (Wildman–Crippen MR) is 148 cm³/mol. The number of carbonyl (C=O) groups is 2. The number of alkyl carbamates (subject to hydrolysis) is 2. The highest BCUT2D eigenvalue weighted by Gasteiger charge is 2.32. The predicted octanol–water partition coefficient (Wildman–Crippen LogP) is 4.19. The normalized spacial score (nSPS) is 24.3. The van der Waals surface area contributed by atoms with Gasteiger partial charge in [0.15, 0.2) is 0 Å². The zero-order valence-electron chi connectivity index (χ0n) is 24.7. The van der Waals surface area contributed by atoms with Gasteiger partial charge in [0, 0.05) is 39.3 Å². The Kier molecular flexibility index (Phi) is 15.3. The second kappa shape index (κ2) is 17.9. The molecule has 0 spiro atoms. The van der Waals surface area contributed by atoms with Gasteiger partial charge in [0.05, 0.1) is 25.4 Å². The minimum Gasteiger partial charge on any atom is -0.450 e. The summed E-state index contributed by atoms with van der Waals surface area (Å²) in [4.78, 5) is 28.4. The minimum absolute atomic E-state index is 0.155. The lowest BCUT2D eigenvalue weighted by atomic mass is 10.1. The molecule has 2 aliphatic rings. The fourth-order valence-corrected chi connectivity index (χ4v) is 5.15. The molecule has 2 amide bonds. The molecule has 0 aromatic carbocycles. The van der Waals surface area contributed by atoms with Crippen molar-refractivity contribution in [1.29, 1.82) is 0 Å². The number of unbranched alkanes of at least 4 members (excludes halogenated alkanes) is 3. The van der Waals surface area contributed by atoms with E-state index in [2.05, 4.69) is 62.0 Å². The van der Waals surface area contributed by atoms with E-state index < -0.39 is 0 Å². The number of ether oxygens (including phenoxy) is 4. The third-order valence-corrected chi connectivity index (χ3v) is 6.87. The van der Waals surface area contributed by atoms with Gasteiger partial charge in [-0.05, 0) is 51.4 Å². The lowest BCUT2D eigenvalue weighted by Gasteiger charge is -2.25. The van der Waals surface area contributed by atoms with Crippen molar-refractivity contribution in [1.82, 2.24) is 20.4 Å². The maximum Gasteiger partial charge on any atom is 0.407 e. The summed E-state index contributed by atoms with van der Waals surface area (Å²) in [5, 5.41) is 5.63. The van der Waals surface area contributed by atoms with Gasteiger partial charge >= 0.3 is 12.2 Å². The first-order valence-corrected chi connectivity index (χ1v) is 14.8. The summed E-state index contributed by atoms with van der Waals surface area (Å²) in [5.41, 5.74) is 0. The summed E-state index contributed by atoms with van der Waals surface area (Å²) in [6, 6.07) is 0. The van der Waals surface area contributed by atoms with Gasteiger partial charge in [0.1, 0.15) is 12.5 Å². The van der Waals surface area contributed by atoms with Crippen molar-refractivity contribution in [3.63, 3.8) is 0 Å². The van der Waals surface area contributed by atoms with Crippen LogP contribution in [0.5, 0.6) is 0 Å². The highest BCUT2D eigenvalue weighted by atomic mass is 16.6. The average molecular weight is 543 g/mol. The first-order valence-electron chi connectivity index (χ1n) is 14.8. The van der Waals surface area contributed by atoms with Gasteiger partial charge in [-0.1, -0.05) is 40.5 Å². The zero-order chi connectivity index (χ0) is 27.9. The first kappa shape index (κ1) is 32.6. The average Bonchev–Trinajstić information content (AvgIpc) is 3.43. The van der Waals surface area contributed by atoms with E-state index in [4.69, 9.17) is 18.9 Å². The van der Waals surface area contributed by atoms with Gasteiger partial charge in [-0.2, -0.15) is 0 Å². The second-order valence-corrected chi connectivity index (χ2v) is 11.4. The number of hydrogen-bond donors (Lipinski definition) is 2. The Morgan fingerprint density at radius 3 is 1.47 bits per heavy atom. The largest absolute Gasteiger partial charge is 0.450 e. The van der Waals surface area contributed by atoms with Crippen LogP contribution >= 0.6 is 0 Å². The van der Waals surface area contributed by atoms with Crippen molar-refractivity contribution in [2.24, 2.45) is 11.8 Å². The summed E-state index contributed by atoms with van der Waals surface area (Å²) in [6.07, 6.45) is 5.43. The smallest absolute Gasteiger partial charge is 0.407 e. The van der Waals surface area contributed by atoms with Crippen LogP contribution in [0.3, 0.4) is 0 Å². The topological polar surface area (TPSA) is 102 Å². The van der Waals surface area contributed by atoms with E-state index in [0.29, 0.717) is 38.1 Å². The number of amides is 2. The molecule has 0 aromatic heterocycles. The Hall–Kier alpha value is -1.62. The molecule has 0 aromatic rings. The SMILES string of the molecule is CC1CN(CCCOC(=O)NCCCCCCNC(=O)OCCCN2CC(C)OC2C(C)C)C(C(C)C)O1. The third kappa shape index (κ3) is 12.5. The van der Waals surface area contributed by atoms with Crippen molar-refractivity contribution in [2.45, 2.75) is 105 Å². The lowest BCUT2D eigenvalue weighted by molar-refractivity contribution is -0.0266. The third-order valence-electron chi connectivity index (χ3n) is 6.87. The van der Waals surface area contributed by atoms with Gasteiger partial charge in [0.2, 0.25) is 0 Å². The molecule has 2 N–H and O–H groups in total. The molecule has 10 nitrogen and oxygen atoms in total. The highest BCUT2D eigenvalue weighted by molar-refractivity contribution is 5.67. The van der Waals surface area contributed by atoms with Crippen molar-refractivity contribution < 1.29 is 28.5 Å². The van der Waals surface area contributed by atoms with Crippen LogP contribution < -0.4 is 10.6 Å². The van der Waals surface area contributed by atoms with E-state index in [1.54, 1.807) is 0 Å². The molecule has 38 heavy (non-hydrogen) atoms. The van der Waals surface area contributed by atoms with Crippen LogP contribution in [0.15, 0.2) is 0 Å². The summed E-state index contributed by atoms with van der Waals surface area (Å²) in [6.45, 7) is 18.5. The standard InChI is InChI=1S/C28H54N4O6/c1-21(2)25-31(19-23(5)37-25)15-11-17-35-27(33)29-13-9-7-8-10-14-30-28(34)36-18-12-16-32-20-24(6)38-26(32)22(3)4/h21-26H,7-20H2,1-6H3,(H,29,33)(H,30,34). The minimum atomic E-state index is -0.354. The quantitative estimate of drug-likeness (QED) is 0.264. The molecule has 0 saturated carbocycles. The summed E-state index contributed by atoms with van der Waals surface area (Å²) in [5.74, 6) is 0.892. The van der Waals surface area contributed by atoms with Crippen LogP contribution in [0.2, 0.25) is 0 Å². The molecule has 4 atom stereocenters. The van der Waals surface area contributed by atoms with Crippen LogP contribution in [0, 0.1) is 11.8 Å². The Morgan fingerprint density at radius 2 is 1.11 bits per heavy atom. The Labute approximate surface area is 230 Å². The fourth-order valence-electron chi connectivity index (χ4n) is 5.15. The maximum atomic E-state index is 11.9. The van der Waals surface area contributed by atoms with E-state index in [1.165, 1.54) is 0 Å². The Balaban J connectivity index is 1.36. The van der Waals surface area contributed by atoms with E-state index in [9.17, 15) is 9.59 Å². The monoisotopic (exact) mass is 542 g/mol. The Bertz CT molecular complexity index is 624. The number of rotatable bonds is 17. The van der Waals surface area contributed by atoms with Gasteiger partial charge in [0.25, 0.3) is 0 Å². The molecule has 2 saturated heterocycles. The van der Waals surface area contributed by atoms with Crippen LogP contribution in [0.4, 0.5) is 9.59 Å². The summed E-state index contributed by atoms with van der Waals surface area (Å²) >= 11 is 0. The van der Waals surface area contributed by atoms with E-state index in [0.717, 1.165) is 64.7 Å². The number of carbonyl (C=O) groups excluding carboxylic acids is 2. The number of hydrogen-bond acceptors (Lipinski definition) is 8. The van der Waals surface area contributed by atoms with Crippen molar-refractivity contribution >= 4 is 12.2 Å². The second-order valence-electron chi connectivity index (χ2n) is 11.4. The number of nitrogens with zero attached hydrogens (tertiary/aromatic N) is 2. The van der Waals surface area contributed by atoms with Gasteiger partial charge in [-0.25, -0.2) is 9.59 Å². The van der Waals surface area contributed by atoms with Crippen LogP contribution in [0.25, 0.3) is 0 Å². The van der Waals surface area contributed by atoms with Gasteiger partial charge in [-0.15, -0.1) is 0 Å². The molecule has 222 valence electrons. The lowest BCUT2D eigenvalue weighted by Crippen LogP contribution is -2.35. The van der Waals surface area contributed by atoms with Crippen LogP contribution in [0.1, 0.15) is 80.1 Å². The van der Waals surface area contributed by atoms with Crippen molar-refractivity contribution in [3.8, 4) is 0 Å². The molecular formula is C28H54N4O6. The van der Waals surface area contributed by atoms with Gasteiger partial charge < -0.3 is 29.6 Å². The molecule has 4 unspecified atom stereocenters. The van der Waals surface area contributed by atoms with Gasteiger partial charge in [-0.3, -0.25) is 9.80 Å². The van der Waals surface area contributed by atoms with Crippen LogP contribution in [-0.2, 0) is 18.9 Å². The fraction of sp³-hybridized carbons (Fsp3) is 0.929.